The van der Waals surface area contributed by atoms with Gasteiger partial charge in [-0.25, -0.2) is 4.79 Å². The van der Waals surface area contributed by atoms with E-state index in [-0.39, 0.29) is 18.0 Å². The smallest absolute Gasteiger partial charge is 0.315 e. The summed E-state index contributed by atoms with van der Waals surface area (Å²) in [4.78, 5) is 26.2. The number of likely N-dealkylation sites (tertiary alicyclic amines) is 1. The molecule has 3 heterocycles. The Morgan fingerprint density at radius 1 is 1.48 bits per heavy atom. The number of H-pyrrole nitrogens is 1. The van der Waals surface area contributed by atoms with Gasteiger partial charge in [0.15, 0.2) is 0 Å². The molecule has 8 nitrogen and oxygen atoms in total. The van der Waals surface area contributed by atoms with Crippen LogP contribution < -0.4 is 10.6 Å². The summed E-state index contributed by atoms with van der Waals surface area (Å²) in [5.41, 5.74) is 1.36. The Morgan fingerprint density at radius 3 is 3.00 bits per heavy atom. The van der Waals surface area contributed by atoms with Crippen molar-refractivity contribution in [3.05, 3.63) is 41.6 Å². The molecule has 3 rings (SSSR count). The van der Waals surface area contributed by atoms with Crippen LogP contribution in [0.3, 0.4) is 0 Å². The third-order valence-corrected chi connectivity index (χ3v) is 4.25. The van der Waals surface area contributed by atoms with Crippen molar-refractivity contribution in [3.8, 4) is 0 Å². The van der Waals surface area contributed by atoms with Crippen LogP contribution in [-0.4, -0.2) is 46.2 Å². The van der Waals surface area contributed by atoms with Crippen LogP contribution in [0.5, 0.6) is 0 Å². The Morgan fingerprint density at radius 2 is 2.32 bits per heavy atom. The quantitative estimate of drug-likeness (QED) is 0.769. The fourth-order valence-corrected chi connectivity index (χ4v) is 2.78. The van der Waals surface area contributed by atoms with E-state index in [9.17, 15) is 9.59 Å². The number of amides is 3. The minimum atomic E-state index is -0.266. The van der Waals surface area contributed by atoms with Crippen molar-refractivity contribution in [2.75, 3.05) is 13.1 Å². The van der Waals surface area contributed by atoms with E-state index in [0.717, 1.165) is 12.1 Å². The van der Waals surface area contributed by atoms with Crippen molar-refractivity contribution in [1.82, 2.24) is 25.7 Å². The third kappa shape index (κ3) is 4.20. The molecule has 1 saturated heterocycles. The van der Waals surface area contributed by atoms with Gasteiger partial charge in [-0.1, -0.05) is 13.8 Å². The van der Waals surface area contributed by atoms with E-state index < -0.39 is 0 Å². The van der Waals surface area contributed by atoms with E-state index in [4.69, 9.17) is 4.42 Å². The van der Waals surface area contributed by atoms with Crippen LogP contribution in [0.15, 0.2) is 28.9 Å². The van der Waals surface area contributed by atoms with E-state index in [0.29, 0.717) is 37.0 Å². The first kappa shape index (κ1) is 17.1. The molecular weight excluding hydrogens is 322 g/mol. The van der Waals surface area contributed by atoms with E-state index in [1.165, 1.54) is 0 Å². The summed E-state index contributed by atoms with van der Waals surface area (Å²) in [5.74, 6) is 0.876. The lowest BCUT2D eigenvalue weighted by Gasteiger charge is -2.16. The van der Waals surface area contributed by atoms with E-state index in [1.54, 1.807) is 29.4 Å². The lowest BCUT2D eigenvalue weighted by Crippen LogP contribution is -2.43. The molecule has 1 aliphatic rings. The Bertz CT molecular complexity index is 722. The van der Waals surface area contributed by atoms with Crippen molar-refractivity contribution in [1.29, 1.82) is 0 Å². The minimum Gasteiger partial charge on any atom is -0.467 e. The van der Waals surface area contributed by atoms with Gasteiger partial charge in [0.1, 0.15) is 11.5 Å². The molecule has 3 amide bonds. The van der Waals surface area contributed by atoms with Crippen molar-refractivity contribution in [3.63, 3.8) is 0 Å². The maximum absolute atomic E-state index is 12.5. The summed E-state index contributed by atoms with van der Waals surface area (Å²) in [6.07, 6.45) is 2.29. The standard InChI is InChI=1S/C17H23N5O3/c1-11(2)14-8-15(21-20-14)16(23)22-6-5-12(10-22)19-17(24)18-9-13-4-3-7-25-13/h3-4,7-8,11-12H,5-6,9-10H2,1-2H3,(H,20,21)(H2,18,19,24)/t12-/m1/s1. The highest BCUT2D eigenvalue weighted by atomic mass is 16.3. The van der Waals surface area contributed by atoms with Gasteiger partial charge < -0.3 is 20.0 Å². The number of carbonyl (C=O) groups excluding carboxylic acids is 2. The molecule has 0 unspecified atom stereocenters. The molecule has 25 heavy (non-hydrogen) atoms. The van der Waals surface area contributed by atoms with Crippen LogP contribution in [0.1, 0.15) is 48.1 Å². The van der Waals surface area contributed by atoms with Gasteiger partial charge in [0, 0.05) is 24.8 Å². The van der Waals surface area contributed by atoms with Gasteiger partial charge >= 0.3 is 6.03 Å². The van der Waals surface area contributed by atoms with Crippen molar-refractivity contribution < 1.29 is 14.0 Å². The number of aromatic nitrogens is 2. The summed E-state index contributed by atoms with van der Waals surface area (Å²) < 4.78 is 5.16. The fraction of sp³-hybridized carbons (Fsp3) is 0.471. The predicted molar refractivity (Wildman–Crippen MR) is 91.1 cm³/mol. The third-order valence-electron chi connectivity index (χ3n) is 4.25. The first-order valence-electron chi connectivity index (χ1n) is 8.44. The molecule has 0 spiro atoms. The number of nitrogens with one attached hydrogen (secondary N) is 3. The second-order valence-electron chi connectivity index (χ2n) is 6.51. The maximum Gasteiger partial charge on any atom is 0.315 e. The summed E-state index contributed by atoms with van der Waals surface area (Å²) in [6, 6.07) is 5.03. The van der Waals surface area contributed by atoms with Crippen LogP contribution in [0.25, 0.3) is 0 Å². The average Bonchev–Trinajstić information content (AvgIpc) is 3.33. The Hall–Kier alpha value is -2.77. The second-order valence-corrected chi connectivity index (χ2v) is 6.51. The number of hydrogen-bond donors (Lipinski definition) is 3. The molecule has 0 aliphatic carbocycles. The number of carbonyl (C=O) groups is 2. The van der Waals surface area contributed by atoms with Gasteiger partial charge in [0.05, 0.1) is 12.8 Å². The number of furan rings is 1. The normalized spacial score (nSPS) is 17.1. The molecular formula is C17H23N5O3. The number of rotatable bonds is 5. The van der Waals surface area contributed by atoms with E-state index in [2.05, 4.69) is 20.8 Å². The molecule has 0 saturated carbocycles. The lowest BCUT2D eigenvalue weighted by molar-refractivity contribution is 0.0783. The van der Waals surface area contributed by atoms with Crippen LogP contribution in [0.2, 0.25) is 0 Å². The van der Waals surface area contributed by atoms with Gasteiger partial charge in [-0.05, 0) is 30.5 Å². The molecule has 1 atom stereocenters. The number of hydrogen-bond acceptors (Lipinski definition) is 4. The van der Waals surface area contributed by atoms with Crippen LogP contribution in [0.4, 0.5) is 4.79 Å². The van der Waals surface area contributed by atoms with Gasteiger partial charge in [-0.3, -0.25) is 9.89 Å². The monoisotopic (exact) mass is 345 g/mol. The molecule has 2 aromatic heterocycles. The molecule has 134 valence electrons. The van der Waals surface area contributed by atoms with Crippen LogP contribution in [0, 0.1) is 0 Å². The summed E-state index contributed by atoms with van der Waals surface area (Å²) in [5, 5.41) is 12.6. The molecule has 0 aromatic carbocycles. The molecule has 3 N–H and O–H groups in total. The zero-order valence-electron chi connectivity index (χ0n) is 14.4. The van der Waals surface area contributed by atoms with Crippen LogP contribution in [-0.2, 0) is 6.54 Å². The van der Waals surface area contributed by atoms with Crippen molar-refractivity contribution in [2.45, 2.75) is 38.8 Å². The fourth-order valence-electron chi connectivity index (χ4n) is 2.78. The summed E-state index contributed by atoms with van der Waals surface area (Å²) in [6.45, 7) is 5.50. The average molecular weight is 345 g/mol. The summed E-state index contributed by atoms with van der Waals surface area (Å²) >= 11 is 0. The highest BCUT2D eigenvalue weighted by Gasteiger charge is 2.29. The van der Waals surface area contributed by atoms with Crippen molar-refractivity contribution in [2.24, 2.45) is 0 Å². The minimum absolute atomic E-state index is 0.0657. The Kier molecular flexibility index (Phi) is 5.06. The first-order valence-corrected chi connectivity index (χ1v) is 8.44. The summed E-state index contributed by atoms with van der Waals surface area (Å²) in [7, 11) is 0. The number of aromatic amines is 1. The highest BCUT2D eigenvalue weighted by molar-refractivity contribution is 5.92. The Balaban J connectivity index is 1.47. The highest BCUT2D eigenvalue weighted by Crippen LogP contribution is 2.16. The molecule has 2 aromatic rings. The zero-order chi connectivity index (χ0) is 17.8. The van der Waals surface area contributed by atoms with Gasteiger partial charge in [0.25, 0.3) is 5.91 Å². The van der Waals surface area contributed by atoms with Gasteiger partial charge in [-0.15, -0.1) is 0 Å². The molecule has 0 bridgehead atoms. The molecule has 8 heteroatoms. The molecule has 0 radical (unpaired) electrons. The number of nitrogens with zero attached hydrogens (tertiary/aromatic N) is 2. The number of urea groups is 1. The second kappa shape index (κ2) is 7.42. The molecule has 1 fully saturated rings. The predicted octanol–water partition coefficient (Wildman–Crippen LogP) is 1.84. The SMILES string of the molecule is CC(C)c1cc(C(=O)N2CC[C@@H](NC(=O)NCc3ccco3)C2)n[nH]1. The lowest BCUT2D eigenvalue weighted by atomic mass is 10.1. The van der Waals surface area contributed by atoms with Crippen LogP contribution >= 0.6 is 0 Å². The zero-order valence-corrected chi connectivity index (χ0v) is 14.4. The van der Waals surface area contributed by atoms with Crippen molar-refractivity contribution >= 4 is 11.9 Å². The first-order chi connectivity index (χ1) is 12.0. The Labute approximate surface area is 146 Å². The maximum atomic E-state index is 12.5. The van der Waals surface area contributed by atoms with E-state index >= 15 is 0 Å². The molecule has 1 aliphatic heterocycles. The van der Waals surface area contributed by atoms with E-state index in [1.807, 2.05) is 13.8 Å². The largest absolute Gasteiger partial charge is 0.467 e. The van der Waals surface area contributed by atoms with Gasteiger partial charge in [-0.2, -0.15) is 5.10 Å². The topological polar surface area (TPSA) is 103 Å². The van der Waals surface area contributed by atoms with Gasteiger partial charge in [0.2, 0.25) is 0 Å².